The van der Waals surface area contributed by atoms with Gasteiger partial charge in [0.25, 0.3) is 0 Å². The summed E-state index contributed by atoms with van der Waals surface area (Å²) in [5, 5.41) is 2.39. The van der Waals surface area contributed by atoms with Crippen molar-refractivity contribution >= 4 is 37.1 Å². The van der Waals surface area contributed by atoms with Gasteiger partial charge in [0, 0.05) is 11.6 Å². The lowest BCUT2D eigenvalue weighted by molar-refractivity contribution is 0.601. The summed E-state index contributed by atoms with van der Waals surface area (Å²) < 4.78 is 22.2. The number of hydrogen-bond donors (Lipinski definition) is 0. The SMILES string of the molecule is CS(=O)(=O)Cc1nc(Br)cs1. The van der Waals surface area contributed by atoms with E-state index in [2.05, 4.69) is 20.9 Å². The van der Waals surface area contributed by atoms with Gasteiger partial charge in [-0.2, -0.15) is 0 Å². The molecule has 0 aliphatic rings. The third kappa shape index (κ3) is 3.31. The summed E-state index contributed by atoms with van der Waals surface area (Å²) in [6.45, 7) is 0. The maximum atomic E-state index is 10.8. The molecule has 0 atom stereocenters. The quantitative estimate of drug-likeness (QED) is 0.804. The Balaban J connectivity index is 2.81. The highest BCUT2D eigenvalue weighted by molar-refractivity contribution is 9.10. The van der Waals surface area contributed by atoms with Crippen molar-refractivity contribution in [3.63, 3.8) is 0 Å². The van der Waals surface area contributed by atoms with Crippen LogP contribution in [0.5, 0.6) is 0 Å². The average Bonchev–Trinajstić information content (AvgIpc) is 2.10. The molecule has 0 N–H and O–H groups in total. The molecule has 0 bridgehead atoms. The molecule has 1 heterocycles. The molecule has 11 heavy (non-hydrogen) atoms. The van der Waals surface area contributed by atoms with Crippen LogP contribution in [0.3, 0.4) is 0 Å². The van der Waals surface area contributed by atoms with Gasteiger partial charge < -0.3 is 0 Å². The Morgan fingerprint density at radius 1 is 1.73 bits per heavy atom. The zero-order chi connectivity index (χ0) is 8.48. The molecule has 0 spiro atoms. The van der Waals surface area contributed by atoms with Gasteiger partial charge >= 0.3 is 0 Å². The molecule has 0 fully saturated rings. The first-order chi connectivity index (χ1) is 4.97. The number of aromatic nitrogens is 1. The van der Waals surface area contributed by atoms with Crippen LogP contribution in [0.15, 0.2) is 9.98 Å². The summed E-state index contributed by atoms with van der Waals surface area (Å²) in [7, 11) is -2.94. The third-order valence-electron chi connectivity index (χ3n) is 0.909. The van der Waals surface area contributed by atoms with Crippen molar-refractivity contribution in [3.8, 4) is 0 Å². The van der Waals surface area contributed by atoms with Crippen LogP contribution in [-0.2, 0) is 15.6 Å². The minimum absolute atomic E-state index is 0.0310. The molecular weight excluding hydrogens is 250 g/mol. The van der Waals surface area contributed by atoms with Crippen molar-refractivity contribution in [2.75, 3.05) is 6.26 Å². The molecule has 1 aromatic rings. The van der Waals surface area contributed by atoms with Gasteiger partial charge in [-0.15, -0.1) is 11.3 Å². The summed E-state index contributed by atoms with van der Waals surface area (Å²) in [5.74, 6) is 0.0310. The molecule has 1 aromatic heterocycles. The predicted octanol–water partition coefficient (Wildman–Crippen LogP) is 1.45. The minimum Gasteiger partial charge on any atom is -0.233 e. The fourth-order valence-electron chi connectivity index (χ4n) is 0.579. The van der Waals surface area contributed by atoms with Crippen LogP contribution in [0.1, 0.15) is 5.01 Å². The Bertz CT molecular complexity index is 343. The van der Waals surface area contributed by atoms with Gasteiger partial charge in [0.15, 0.2) is 9.84 Å². The lowest BCUT2D eigenvalue weighted by Gasteiger charge is -1.90. The number of nitrogens with zero attached hydrogens (tertiary/aromatic N) is 1. The van der Waals surface area contributed by atoms with Crippen LogP contribution in [0.2, 0.25) is 0 Å². The number of halogens is 1. The summed E-state index contributed by atoms with van der Waals surface area (Å²) in [5.41, 5.74) is 0. The second-order valence-corrected chi connectivity index (χ2v) is 6.03. The van der Waals surface area contributed by atoms with Gasteiger partial charge in [0.05, 0.1) is 0 Å². The standard InChI is InChI=1S/C5H6BrNO2S2/c1-11(8,9)3-5-7-4(6)2-10-5/h2H,3H2,1H3. The smallest absolute Gasteiger partial charge is 0.153 e. The van der Waals surface area contributed by atoms with Crippen LogP contribution in [0.25, 0.3) is 0 Å². The van der Waals surface area contributed by atoms with Crippen LogP contribution >= 0.6 is 27.3 Å². The molecule has 6 heteroatoms. The summed E-state index contributed by atoms with van der Waals surface area (Å²) in [6.07, 6.45) is 1.20. The average molecular weight is 256 g/mol. The molecule has 0 saturated carbocycles. The molecule has 0 unspecified atom stereocenters. The van der Waals surface area contributed by atoms with E-state index >= 15 is 0 Å². The van der Waals surface area contributed by atoms with E-state index in [1.54, 1.807) is 5.38 Å². The first-order valence-electron chi connectivity index (χ1n) is 2.75. The number of sulfone groups is 1. The monoisotopic (exact) mass is 255 g/mol. The van der Waals surface area contributed by atoms with Crippen LogP contribution in [0, 0.1) is 0 Å². The molecule has 0 amide bonds. The Hall–Kier alpha value is 0.0600. The Morgan fingerprint density at radius 2 is 2.36 bits per heavy atom. The van der Waals surface area contributed by atoms with Gasteiger partial charge in [-0.1, -0.05) is 0 Å². The van der Waals surface area contributed by atoms with Gasteiger partial charge in [0.2, 0.25) is 0 Å². The highest BCUT2D eigenvalue weighted by Gasteiger charge is 2.07. The van der Waals surface area contributed by atoms with E-state index in [1.807, 2.05) is 0 Å². The Labute approximate surface area is 77.5 Å². The van der Waals surface area contributed by atoms with E-state index in [1.165, 1.54) is 17.6 Å². The van der Waals surface area contributed by atoms with Gasteiger partial charge in [0.1, 0.15) is 15.4 Å². The highest BCUT2D eigenvalue weighted by atomic mass is 79.9. The Kier molecular flexibility index (Phi) is 2.66. The van der Waals surface area contributed by atoms with E-state index in [-0.39, 0.29) is 5.75 Å². The fourth-order valence-corrected chi connectivity index (χ4v) is 3.06. The molecule has 3 nitrogen and oxygen atoms in total. The van der Waals surface area contributed by atoms with Crippen molar-refractivity contribution in [3.05, 3.63) is 15.0 Å². The van der Waals surface area contributed by atoms with Crippen molar-refractivity contribution in [2.45, 2.75) is 5.75 Å². The van der Waals surface area contributed by atoms with Crippen molar-refractivity contribution in [2.24, 2.45) is 0 Å². The molecular formula is C5H6BrNO2S2. The minimum atomic E-state index is -2.94. The lowest BCUT2D eigenvalue weighted by Crippen LogP contribution is -1.99. The maximum Gasteiger partial charge on any atom is 0.153 e. The molecule has 0 radical (unpaired) electrons. The molecule has 62 valence electrons. The number of thiazole rings is 1. The predicted molar refractivity (Wildman–Crippen MR) is 48.4 cm³/mol. The lowest BCUT2D eigenvalue weighted by atomic mass is 10.8. The van der Waals surface area contributed by atoms with Crippen LogP contribution in [0.4, 0.5) is 0 Å². The molecule has 0 aromatic carbocycles. The van der Waals surface area contributed by atoms with Gasteiger partial charge in [-0.25, -0.2) is 13.4 Å². The number of rotatable bonds is 2. The topological polar surface area (TPSA) is 47.0 Å². The van der Waals surface area contributed by atoms with Gasteiger partial charge in [-0.05, 0) is 15.9 Å². The summed E-state index contributed by atoms with van der Waals surface area (Å²) in [4.78, 5) is 3.95. The number of hydrogen-bond acceptors (Lipinski definition) is 4. The van der Waals surface area contributed by atoms with E-state index in [9.17, 15) is 8.42 Å². The fraction of sp³-hybridized carbons (Fsp3) is 0.400. The highest BCUT2D eigenvalue weighted by Crippen LogP contribution is 2.16. The molecule has 1 rings (SSSR count). The van der Waals surface area contributed by atoms with Crippen molar-refractivity contribution in [1.82, 2.24) is 4.98 Å². The van der Waals surface area contributed by atoms with Gasteiger partial charge in [-0.3, -0.25) is 0 Å². The largest absolute Gasteiger partial charge is 0.233 e. The van der Waals surface area contributed by atoms with E-state index in [0.717, 1.165) is 0 Å². The second-order valence-electron chi connectivity index (χ2n) is 2.13. The van der Waals surface area contributed by atoms with Crippen molar-refractivity contribution < 1.29 is 8.42 Å². The molecule has 0 aliphatic carbocycles. The molecule has 0 saturated heterocycles. The zero-order valence-corrected chi connectivity index (χ0v) is 8.96. The maximum absolute atomic E-state index is 10.8. The first kappa shape index (κ1) is 9.15. The first-order valence-corrected chi connectivity index (χ1v) is 6.48. The van der Waals surface area contributed by atoms with Crippen LogP contribution < -0.4 is 0 Å². The van der Waals surface area contributed by atoms with Crippen LogP contribution in [-0.4, -0.2) is 19.7 Å². The van der Waals surface area contributed by atoms with E-state index in [4.69, 9.17) is 0 Å². The molecule has 0 aliphatic heterocycles. The summed E-state index contributed by atoms with van der Waals surface area (Å²) >= 11 is 4.48. The normalized spacial score (nSPS) is 11.8. The zero-order valence-electron chi connectivity index (χ0n) is 5.74. The third-order valence-corrected chi connectivity index (χ3v) is 3.45. The van der Waals surface area contributed by atoms with Crippen molar-refractivity contribution in [1.29, 1.82) is 0 Å². The van der Waals surface area contributed by atoms with E-state index in [0.29, 0.717) is 9.61 Å². The Morgan fingerprint density at radius 3 is 2.73 bits per heavy atom. The summed E-state index contributed by atoms with van der Waals surface area (Å²) in [6, 6.07) is 0. The van der Waals surface area contributed by atoms with E-state index < -0.39 is 9.84 Å². The second kappa shape index (κ2) is 3.20.